The number of ketones is 1. The number of carbonyl (C=O) groups excluding carboxylic acids is 1. The number of aromatic nitrogens is 4. The number of aryl methyl sites for hydroxylation is 1. The molecule has 0 aliphatic heterocycles. The van der Waals surface area contributed by atoms with Crippen LogP contribution in [0.2, 0.25) is 0 Å². The lowest BCUT2D eigenvalue weighted by Gasteiger charge is -2.18. The van der Waals surface area contributed by atoms with E-state index in [0.717, 1.165) is 34.4 Å². The molecule has 140 valence electrons. The van der Waals surface area contributed by atoms with Crippen LogP contribution in [0.15, 0.2) is 48.5 Å². The van der Waals surface area contributed by atoms with Gasteiger partial charge in [-0.3, -0.25) is 4.79 Å². The molecule has 2 aromatic heterocycles. The summed E-state index contributed by atoms with van der Waals surface area (Å²) >= 11 is 0. The molecule has 0 saturated carbocycles. The monoisotopic (exact) mass is 371 g/mol. The molecule has 28 heavy (non-hydrogen) atoms. The van der Waals surface area contributed by atoms with Gasteiger partial charge in [0.25, 0.3) is 0 Å². The van der Waals surface area contributed by atoms with Crippen molar-refractivity contribution in [3.8, 4) is 5.95 Å². The highest BCUT2D eigenvalue weighted by Gasteiger charge is 2.31. The number of benzene rings is 2. The third kappa shape index (κ3) is 2.78. The Kier molecular flexibility index (Phi) is 3.79. The second kappa shape index (κ2) is 6.34. The molecule has 1 unspecified atom stereocenters. The number of fused-ring (bicyclic) bond motifs is 2. The van der Waals surface area contributed by atoms with Crippen LogP contribution in [0.1, 0.15) is 35.0 Å². The Hall–Kier alpha value is -3.41. The number of Topliss-reactive ketones (excluding diaryl/α,β-unsaturated/α-hetero) is 1. The summed E-state index contributed by atoms with van der Waals surface area (Å²) in [6, 6.07) is 15.9. The van der Waals surface area contributed by atoms with Crippen LogP contribution < -0.4 is 5.32 Å². The van der Waals surface area contributed by atoms with E-state index in [9.17, 15) is 4.79 Å². The van der Waals surface area contributed by atoms with Crippen LogP contribution in [-0.4, -0.2) is 25.5 Å². The molecule has 0 fully saturated rings. The van der Waals surface area contributed by atoms with Gasteiger partial charge >= 0.3 is 0 Å². The SMILES string of the molecule is Cc1cccc(Nc2nn(-c3nc4ccccc4[nH]3)c3c2C(=O)CC(C)C3)c1. The Bertz CT molecular complexity index is 1170. The molecule has 0 bridgehead atoms. The van der Waals surface area contributed by atoms with Gasteiger partial charge in [-0.05, 0) is 49.1 Å². The molecule has 4 aromatic rings. The third-order valence-electron chi connectivity index (χ3n) is 5.19. The summed E-state index contributed by atoms with van der Waals surface area (Å²) in [7, 11) is 0. The predicted octanol–water partition coefficient (Wildman–Crippen LogP) is 4.57. The van der Waals surface area contributed by atoms with Crippen molar-refractivity contribution in [1.29, 1.82) is 0 Å². The van der Waals surface area contributed by atoms with Gasteiger partial charge in [-0.2, -0.15) is 0 Å². The zero-order valence-corrected chi connectivity index (χ0v) is 15.9. The maximum Gasteiger partial charge on any atom is 0.229 e. The van der Waals surface area contributed by atoms with Crippen LogP contribution in [-0.2, 0) is 6.42 Å². The molecular weight excluding hydrogens is 350 g/mol. The van der Waals surface area contributed by atoms with Gasteiger partial charge < -0.3 is 10.3 Å². The number of H-pyrrole nitrogens is 1. The second-order valence-corrected chi connectivity index (χ2v) is 7.59. The molecule has 5 rings (SSSR count). The Labute approximate surface area is 162 Å². The Balaban J connectivity index is 1.66. The van der Waals surface area contributed by atoms with Gasteiger partial charge in [-0.15, -0.1) is 5.10 Å². The highest BCUT2D eigenvalue weighted by atomic mass is 16.1. The second-order valence-electron chi connectivity index (χ2n) is 7.59. The fraction of sp³-hybridized carbons (Fsp3) is 0.227. The van der Waals surface area contributed by atoms with Crippen LogP contribution >= 0.6 is 0 Å². The summed E-state index contributed by atoms with van der Waals surface area (Å²) in [4.78, 5) is 20.9. The molecule has 0 radical (unpaired) electrons. The van der Waals surface area contributed by atoms with E-state index in [2.05, 4.69) is 22.2 Å². The first-order valence-electron chi connectivity index (χ1n) is 9.52. The van der Waals surface area contributed by atoms with Gasteiger partial charge in [-0.25, -0.2) is 9.67 Å². The van der Waals surface area contributed by atoms with Gasteiger partial charge in [0.05, 0.1) is 22.3 Å². The fourth-order valence-corrected chi connectivity index (χ4v) is 3.92. The molecule has 2 heterocycles. The summed E-state index contributed by atoms with van der Waals surface area (Å²) in [5.74, 6) is 1.65. The van der Waals surface area contributed by atoms with E-state index in [1.807, 2.05) is 55.5 Å². The Morgan fingerprint density at radius 3 is 2.82 bits per heavy atom. The number of hydrogen-bond donors (Lipinski definition) is 2. The van der Waals surface area contributed by atoms with Crippen LogP contribution in [0.4, 0.5) is 11.5 Å². The van der Waals surface area contributed by atoms with Crippen molar-refractivity contribution in [1.82, 2.24) is 19.7 Å². The van der Waals surface area contributed by atoms with Gasteiger partial charge in [0.15, 0.2) is 11.6 Å². The molecule has 2 aromatic carbocycles. The molecule has 0 spiro atoms. The van der Waals surface area contributed by atoms with E-state index in [1.165, 1.54) is 0 Å². The smallest absolute Gasteiger partial charge is 0.229 e. The van der Waals surface area contributed by atoms with Gasteiger partial charge in [0, 0.05) is 12.1 Å². The number of anilines is 2. The molecular formula is C22H21N5O. The number of hydrogen-bond acceptors (Lipinski definition) is 4. The first kappa shape index (κ1) is 16.7. The maximum atomic E-state index is 12.9. The largest absolute Gasteiger partial charge is 0.338 e. The van der Waals surface area contributed by atoms with E-state index in [4.69, 9.17) is 5.10 Å². The summed E-state index contributed by atoms with van der Waals surface area (Å²) in [5, 5.41) is 8.11. The van der Waals surface area contributed by atoms with Crippen molar-refractivity contribution in [2.24, 2.45) is 5.92 Å². The molecule has 0 saturated heterocycles. The average molecular weight is 371 g/mol. The van der Waals surface area contributed by atoms with Crippen LogP contribution in [0, 0.1) is 12.8 Å². The lowest BCUT2D eigenvalue weighted by Crippen LogP contribution is -2.20. The molecule has 6 nitrogen and oxygen atoms in total. The standard InChI is InChI=1S/C22H21N5O/c1-13-6-5-7-15(10-13)23-21-20-18(11-14(2)12-19(20)28)27(26-21)22-24-16-8-3-4-9-17(16)25-22/h3-10,14H,11-12H2,1-2H3,(H,23,26)(H,24,25). The minimum atomic E-state index is 0.131. The van der Waals surface area contributed by atoms with Crippen molar-refractivity contribution in [2.45, 2.75) is 26.7 Å². The topological polar surface area (TPSA) is 75.6 Å². The lowest BCUT2D eigenvalue weighted by molar-refractivity contribution is 0.0953. The molecule has 1 aliphatic carbocycles. The summed E-state index contributed by atoms with van der Waals surface area (Å²) in [6.07, 6.45) is 1.34. The molecule has 1 atom stereocenters. The molecule has 1 aliphatic rings. The number of aromatic amines is 1. The maximum absolute atomic E-state index is 12.9. The van der Waals surface area contributed by atoms with E-state index in [1.54, 1.807) is 4.68 Å². The van der Waals surface area contributed by atoms with Gasteiger partial charge in [0.1, 0.15) is 0 Å². The number of nitrogens with one attached hydrogen (secondary N) is 2. The minimum Gasteiger partial charge on any atom is -0.338 e. The zero-order valence-electron chi connectivity index (χ0n) is 15.9. The number of para-hydroxylation sites is 2. The van der Waals surface area contributed by atoms with Crippen LogP contribution in [0.5, 0.6) is 0 Å². The van der Waals surface area contributed by atoms with E-state index >= 15 is 0 Å². The van der Waals surface area contributed by atoms with Crippen molar-refractivity contribution in [3.63, 3.8) is 0 Å². The minimum absolute atomic E-state index is 0.131. The number of rotatable bonds is 3. The van der Waals surface area contributed by atoms with Gasteiger partial charge in [-0.1, -0.05) is 31.2 Å². The molecule has 2 N–H and O–H groups in total. The van der Waals surface area contributed by atoms with Crippen molar-refractivity contribution >= 4 is 28.3 Å². The van der Waals surface area contributed by atoms with Crippen LogP contribution in [0.25, 0.3) is 17.0 Å². The highest BCUT2D eigenvalue weighted by Crippen LogP contribution is 2.33. The van der Waals surface area contributed by atoms with E-state index in [-0.39, 0.29) is 11.7 Å². The van der Waals surface area contributed by atoms with Gasteiger partial charge in [0.2, 0.25) is 5.95 Å². The highest BCUT2D eigenvalue weighted by molar-refractivity contribution is 6.03. The first-order chi connectivity index (χ1) is 13.6. The quantitative estimate of drug-likeness (QED) is 0.553. The van der Waals surface area contributed by atoms with Crippen molar-refractivity contribution in [2.75, 3.05) is 5.32 Å². The zero-order chi connectivity index (χ0) is 19.3. The Morgan fingerprint density at radius 2 is 2.00 bits per heavy atom. The molecule has 0 amide bonds. The fourth-order valence-electron chi connectivity index (χ4n) is 3.92. The third-order valence-corrected chi connectivity index (χ3v) is 5.19. The predicted molar refractivity (Wildman–Crippen MR) is 109 cm³/mol. The Morgan fingerprint density at radius 1 is 1.14 bits per heavy atom. The van der Waals surface area contributed by atoms with Crippen LogP contribution in [0.3, 0.4) is 0 Å². The van der Waals surface area contributed by atoms with Crippen molar-refractivity contribution < 1.29 is 4.79 Å². The molecule has 6 heteroatoms. The summed E-state index contributed by atoms with van der Waals surface area (Å²) in [5.41, 5.74) is 5.49. The summed E-state index contributed by atoms with van der Waals surface area (Å²) < 4.78 is 1.79. The van der Waals surface area contributed by atoms with Crippen molar-refractivity contribution in [3.05, 3.63) is 65.4 Å². The average Bonchev–Trinajstić information content (AvgIpc) is 3.23. The van der Waals surface area contributed by atoms with E-state index < -0.39 is 0 Å². The first-order valence-corrected chi connectivity index (χ1v) is 9.52. The normalized spacial score (nSPS) is 16.4. The van der Waals surface area contributed by atoms with E-state index in [0.29, 0.717) is 23.8 Å². The number of imidazole rings is 1. The number of carbonyl (C=O) groups is 1. The summed E-state index contributed by atoms with van der Waals surface area (Å²) in [6.45, 7) is 4.14. The lowest BCUT2D eigenvalue weighted by atomic mass is 9.88. The number of nitrogens with zero attached hydrogens (tertiary/aromatic N) is 3.